The molecule has 3 saturated carbocycles. The van der Waals surface area contributed by atoms with Crippen LogP contribution in [0.4, 0.5) is 4.79 Å². The number of nitrogens with zero attached hydrogens (tertiary/aromatic N) is 5. The Morgan fingerprint density at radius 2 is 1.35 bits per heavy atom. The lowest BCUT2D eigenvalue weighted by atomic mass is 9.86. The smallest absolute Gasteiger partial charge is 0.408 e. The third-order valence-corrected chi connectivity index (χ3v) is 10.1. The molecule has 3 aliphatic carbocycles. The van der Waals surface area contributed by atoms with Crippen molar-refractivity contribution in [2.45, 2.75) is 155 Å². The van der Waals surface area contributed by atoms with Crippen molar-refractivity contribution in [3.63, 3.8) is 0 Å². The number of alkyl carbamates (subject to hydrolysis) is 1. The second-order valence-corrected chi connectivity index (χ2v) is 14.4. The molecule has 54 heavy (non-hydrogen) atoms. The maximum absolute atomic E-state index is 12.1. The summed E-state index contributed by atoms with van der Waals surface area (Å²) >= 11 is 0. The highest BCUT2D eigenvalue weighted by atomic mass is 16.6. The van der Waals surface area contributed by atoms with E-state index in [2.05, 4.69) is 46.0 Å². The van der Waals surface area contributed by atoms with Gasteiger partial charge in [-0.25, -0.2) is 24.2 Å². The first-order valence-corrected chi connectivity index (χ1v) is 19.7. The van der Waals surface area contributed by atoms with Crippen LogP contribution in [0.2, 0.25) is 0 Å². The van der Waals surface area contributed by atoms with Crippen LogP contribution >= 0.6 is 0 Å². The van der Waals surface area contributed by atoms with Crippen molar-refractivity contribution < 1.29 is 38.5 Å². The maximum atomic E-state index is 12.1. The van der Waals surface area contributed by atoms with Crippen molar-refractivity contribution in [3.05, 3.63) is 36.9 Å². The molecule has 8 atom stereocenters. The topological polar surface area (TPSA) is 202 Å². The summed E-state index contributed by atoms with van der Waals surface area (Å²) in [6.45, 7) is 10.7. The molecule has 0 aliphatic heterocycles. The molecule has 1 amide bonds. The Hall–Kier alpha value is -4.07. The minimum Gasteiger partial charge on any atom is -0.464 e. The third kappa shape index (κ3) is 18.3. The van der Waals surface area contributed by atoms with Gasteiger partial charge in [0.1, 0.15) is 0 Å². The summed E-state index contributed by atoms with van der Waals surface area (Å²) in [5, 5.41) is 20.0. The highest BCUT2D eigenvalue weighted by molar-refractivity contribution is 5.78. The third-order valence-electron chi connectivity index (χ3n) is 10.1. The molecule has 5 rings (SSSR count). The van der Waals surface area contributed by atoms with Gasteiger partial charge in [0.15, 0.2) is 6.10 Å². The van der Waals surface area contributed by atoms with Crippen LogP contribution in [0.5, 0.6) is 0 Å². The highest BCUT2D eigenvalue weighted by Gasteiger charge is 2.29. The molecule has 0 radical (unpaired) electrons. The molecule has 3 fully saturated rings. The second kappa shape index (κ2) is 26.7. The molecule has 3 aliphatic rings. The summed E-state index contributed by atoms with van der Waals surface area (Å²) in [6.07, 6.45) is 20.0. The summed E-state index contributed by atoms with van der Waals surface area (Å²) in [4.78, 5) is 48.8. The minimum atomic E-state index is -1.14. The highest BCUT2D eigenvalue weighted by Crippen LogP contribution is 2.26. The Bertz CT molecular complexity index is 1340. The molecule has 304 valence electrons. The van der Waals surface area contributed by atoms with E-state index in [1.54, 1.807) is 56.8 Å². The number of aliphatic hydroxyl groups excluding tert-OH is 1. The van der Waals surface area contributed by atoms with Gasteiger partial charge in [-0.1, -0.05) is 59.3 Å². The number of isocyanates is 1. The van der Waals surface area contributed by atoms with Crippen LogP contribution < -0.4 is 11.1 Å². The average molecular weight is 760 g/mol. The number of ether oxygens (including phenoxy) is 3. The van der Waals surface area contributed by atoms with Crippen LogP contribution in [-0.4, -0.2) is 92.3 Å². The van der Waals surface area contributed by atoms with Crippen molar-refractivity contribution in [2.75, 3.05) is 13.2 Å². The minimum absolute atomic E-state index is 0.101. The number of hydrogen-bond donors (Lipinski definition) is 3. The fourth-order valence-corrected chi connectivity index (χ4v) is 6.62. The van der Waals surface area contributed by atoms with Gasteiger partial charge in [-0.3, -0.25) is 9.36 Å². The van der Waals surface area contributed by atoms with Crippen LogP contribution in [0.1, 0.15) is 112 Å². The first-order valence-electron chi connectivity index (χ1n) is 19.7. The van der Waals surface area contributed by atoms with Crippen molar-refractivity contribution in [1.82, 2.24) is 24.9 Å². The van der Waals surface area contributed by atoms with Crippen LogP contribution in [0.25, 0.3) is 0 Å². The zero-order valence-corrected chi connectivity index (χ0v) is 33.0. The summed E-state index contributed by atoms with van der Waals surface area (Å²) in [5.41, 5.74) is 5.78. The number of aliphatic imine (C=N–C) groups is 1. The van der Waals surface area contributed by atoms with E-state index in [4.69, 9.17) is 15.2 Å². The van der Waals surface area contributed by atoms with Crippen molar-refractivity contribution in [1.29, 1.82) is 0 Å². The zero-order valence-electron chi connectivity index (χ0n) is 33.0. The molecule has 0 aromatic carbocycles. The fourth-order valence-electron chi connectivity index (χ4n) is 6.62. The molecule has 15 nitrogen and oxygen atoms in total. The Kier molecular flexibility index (Phi) is 22.8. The Morgan fingerprint density at radius 1 is 0.815 bits per heavy atom. The number of esters is 2. The number of carbonyl (C=O) groups excluding carboxylic acids is 4. The summed E-state index contributed by atoms with van der Waals surface area (Å²) < 4.78 is 17.9. The van der Waals surface area contributed by atoms with E-state index in [0.717, 1.165) is 31.6 Å². The molecule has 8 unspecified atom stereocenters. The first-order chi connectivity index (χ1) is 26.0. The van der Waals surface area contributed by atoms with Crippen LogP contribution in [0.3, 0.4) is 0 Å². The molecule has 4 N–H and O–H groups in total. The molecular formula is C39H65N7O8. The van der Waals surface area contributed by atoms with Gasteiger partial charge in [0.25, 0.3) is 0 Å². The second-order valence-electron chi connectivity index (χ2n) is 14.4. The van der Waals surface area contributed by atoms with Gasteiger partial charge in [0, 0.05) is 36.9 Å². The van der Waals surface area contributed by atoms with Gasteiger partial charge in [0.05, 0.1) is 32.3 Å². The monoisotopic (exact) mass is 759 g/mol. The van der Waals surface area contributed by atoms with Crippen LogP contribution in [0.15, 0.2) is 41.9 Å². The van der Waals surface area contributed by atoms with Crippen LogP contribution in [-0.2, 0) is 41.7 Å². The van der Waals surface area contributed by atoms with Crippen LogP contribution in [0, 0.1) is 17.8 Å². The van der Waals surface area contributed by atoms with Gasteiger partial charge >= 0.3 is 18.0 Å². The summed E-state index contributed by atoms with van der Waals surface area (Å²) in [6, 6.07) is 4.34. The molecule has 2 aromatic heterocycles. The molecule has 0 bridgehead atoms. The molecule has 2 aromatic rings. The van der Waals surface area contributed by atoms with Gasteiger partial charge in [0.2, 0.25) is 12.2 Å². The standard InChI is InChI=1S/C16H25N3O4.C8H12N2O3.C8H13NO.C7H15N/c1-3-22-15(20)14(11-19-10-6-9-17-19)23-16(21)18-13-8-5-4-7-12(13)2;1-2-13-8(12)7(11)6-10-5-3-4-9-10;1-7-4-2-3-5-8(7)9-6-10;1-6-4-2-3-5-7(6)8/h6,9-10,12-14H,3-5,7-8,11H2,1-2H3,(H,18,21);3-5,7,11H,2,6H2,1H3;7-8H,2-5H2,1H3;6-7H,2-5,8H2,1H3. The van der Waals surface area contributed by atoms with E-state index in [1.165, 1.54) is 60.7 Å². The number of aromatic nitrogens is 4. The first kappa shape index (κ1) is 46.1. The quantitative estimate of drug-likeness (QED) is 0.115. The number of carbonyl (C=O) groups is 3. The van der Waals surface area contributed by atoms with Crippen molar-refractivity contribution >= 4 is 24.1 Å². The van der Waals surface area contributed by atoms with E-state index in [1.807, 2.05) is 0 Å². The normalized spacial score (nSPS) is 24.4. The number of rotatable bonds is 11. The number of aliphatic hydroxyl groups is 1. The number of nitrogens with two attached hydrogens (primary N) is 1. The predicted octanol–water partition coefficient (Wildman–Crippen LogP) is 5.35. The Morgan fingerprint density at radius 3 is 1.85 bits per heavy atom. The molecule has 0 saturated heterocycles. The number of hydrogen-bond acceptors (Lipinski definition) is 12. The molecule has 0 spiro atoms. The lowest BCUT2D eigenvalue weighted by Gasteiger charge is -2.29. The Labute approximate surface area is 320 Å². The number of nitrogens with one attached hydrogen (secondary N) is 1. The summed E-state index contributed by atoms with van der Waals surface area (Å²) in [5.74, 6) is 0.621. The van der Waals surface area contributed by atoms with Gasteiger partial charge in [-0.2, -0.15) is 10.2 Å². The largest absolute Gasteiger partial charge is 0.464 e. The van der Waals surface area contributed by atoms with E-state index in [-0.39, 0.29) is 38.4 Å². The van der Waals surface area contributed by atoms with E-state index < -0.39 is 30.2 Å². The zero-order chi connectivity index (χ0) is 39.7. The Balaban J connectivity index is 0.000000274. The van der Waals surface area contributed by atoms with E-state index in [9.17, 15) is 24.3 Å². The summed E-state index contributed by atoms with van der Waals surface area (Å²) in [7, 11) is 0. The molecular weight excluding hydrogens is 694 g/mol. The molecule has 15 heteroatoms. The lowest BCUT2D eigenvalue weighted by molar-refractivity contribution is -0.154. The molecule has 2 heterocycles. The van der Waals surface area contributed by atoms with E-state index >= 15 is 0 Å². The van der Waals surface area contributed by atoms with Crippen molar-refractivity contribution in [2.24, 2.45) is 28.5 Å². The fraction of sp³-hybridized carbons (Fsp3) is 0.744. The van der Waals surface area contributed by atoms with Gasteiger partial charge < -0.3 is 30.4 Å². The van der Waals surface area contributed by atoms with E-state index in [0.29, 0.717) is 17.9 Å². The SMILES string of the molecule is CC1CCCCC1N.CC1CCCCC1N=C=O.CCOC(=O)C(Cn1cccn1)OC(=O)NC1CCCCC1C.CCOC(=O)C(O)Cn1cccn1. The predicted molar refractivity (Wildman–Crippen MR) is 204 cm³/mol. The maximum Gasteiger partial charge on any atom is 0.408 e. The lowest BCUT2D eigenvalue weighted by Crippen LogP contribution is -2.44. The average Bonchev–Trinajstić information content (AvgIpc) is 3.87. The van der Waals surface area contributed by atoms with Crippen molar-refractivity contribution in [3.8, 4) is 0 Å². The van der Waals surface area contributed by atoms with Gasteiger partial charge in [-0.15, -0.1) is 0 Å². The number of amides is 1. The van der Waals surface area contributed by atoms with Gasteiger partial charge in [-0.05, 0) is 82.3 Å².